The molecule has 0 saturated carbocycles. The highest BCUT2D eigenvalue weighted by Crippen LogP contribution is 2.30. The maximum absolute atomic E-state index is 4.76. The molecule has 3 heteroatoms. The minimum Gasteiger partial charge on any atom is -0.327 e. The summed E-state index contributed by atoms with van der Waals surface area (Å²) in [4.78, 5) is 4.76. The number of halogens is 1. The Bertz CT molecular complexity index is 984. The van der Waals surface area contributed by atoms with Gasteiger partial charge in [-0.15, -0.1) is 0 Å². The van der Waals surface area contributed by atoms with E-state index in [0.717, 1.165) is 26.9 Å². The highest BCUT2D eigenvalue weighted by molar-refractivity contribution is 9.10. The Morgan fingerprint density at radius 3 is 2.17 bits per heavy atom. The van der Waals surface area contributed by atoms with Gasteiger partial charge in [-0.1, -0.05) is 70.5 Å². The molecule has 3 aromatic carbocycles. The first kappa shape index (κ1) is 14.2. The Labute approximate surface area is 143 Å². The molecule has 112 valence electrons. The molecule has 1 aromatic heterocycles. The standard InChI is InChI=1S/C20H15BrN2/c1-23-19-9-5-4-8-18(19)22-20(23)15-12-10-14(11-13-15)16-6-2-3-7-17(16)21/h2-13H,1H3. The van der Waals surface area contributed by atoms with Crippen molar-refractivity contribution in [2.24, 2.45) is 7.05 Å². The van der Waals surface area contributed by atoms with E-state index >= 15 is 0 Å². The maximum atomic E-state index is 4.76. The lowest BCUT2D eigenvalue weighted by Crippen LogP contribution is -1.92. The SMILES string of the molecule is Cn1c(-c2ccc(-c3ccccc3Br)cc2)nc2ccccc21. The van der Waals surface area contributed by atoms with Crippen molar-refractivity contribution in [2.75, 3.05) is 0 Å². The molecule has 0 amide bonds. The maximum Gasteiger partial charge on any atom is 0.140 e. The van der Waals surface area contributed by atoms with Gasteiger partial charge in [-0.3, -0.25) is 0 Å². The third kappa shape index (κ3) is 2.47. The second-order valence-electron chi connectivity index (χ2n) is 5.54. The monoisotopic (exact) mass is 362 g/mol. The molecule has 1 heterocycles. The number of aromatic nitrogens is 2. The van der Waals surface area contributed by atoms with Crippen molar-refractivity contribution >= 4 is 27.0 Å². The van der Waals surface area contributed by atoms with Crippen LogP contribution in [-0.4, -0.2) is 9.55 Å². The van der Waals surface area contributed by atoms with Gasteiger partial charge in [0.15, 0.2) is 0 Å². The van der Waals surface area contributed by atoms with E-state index in [1.54, 1.807) is 0 Å². The first-order valence-electron chi connectivity index (χ1n) is 7.51. The topological polar surface area (TPSA) is 17.8 Å². The number of imidazole rings is 1. The van der Waals surface area contributed by atoms with Crippen LogP contribution in [0.15, 0.2) is 77.3 Å². The third-order valence-electron chi connectivity index (χ3n) is 4.12. The Kier molecular flexibility index (Phi) is 3.50. The summed E-state index contributed by atoms with van der Waals surface area (Å²) in [5.41, 5.74) is 5.70. The molecular weight excluding hydrogens is 348 g/mol. The summed E-state index contributed by atoms with van der Waals surface area (Å²) in [6.45, 7) is 0. The highest BCUT2D eigenvalue weighted by Gasteiger charge is 2.10. The van der Waals surface area contributed by atoms with Crippen LogP contribution < -0.4 is 0 Å². The van der Waals surface area contributed by atoms with E-state index in [2.05, 4.69) is 76.1 Å². The molecule has 0 N–H and O–H groups in total. The molecule has 0 atom stereocenters. The minimum absolute atomic E-state index is 0.991. The number of hydrogen-bond acceptors (Lipinski definition) is 1. The average Bonchev–Trinajstić information content (AvgIpc) is 2.93. The quantitative estimate of drug-likeness (QED) is 0.449. The molecule has 0 aliphatic carbocycles. The molecule has 0 spiro atoms. The van der Waals surface area contributed by atoms with Crippen LogP contribution in [0.5, 0.6) is 0 Å². The lowest BCUT2D eigenvalue weighted by molar-refractivity contribution is 0.959. The van der Waals surface area contributed by atoms with Crippen molar-refractivity contribution in [2.45, 2.75) is 0 Å². The van der Waals surface area contributed by atoms with Crippen LogP contribution in [0.1, 0.15) is 0 Å². The van der Waals surface area contributed by atoms with Gasteiger partial charge in [-0.2, -0.15) is 0 Å². The fourth-order valence-electron chi connectivity index (χ4n) is 2.90. The lowest BCUT2D eigenvalue weighted by atomic mass is 10.0. The normalized spacial score (nSPS) is 11.0. The molecule has 0 aliphatic rings. The van der Waals surface area contributed by atoms with Crippen molar-refractivity contribution in [3.05, 3.63) is 77.3 Å². The second-order valence-corrected chi connectivity index (χ2v) is 6.39. The Hall–Kier alpha value is -2.39. The largest absolute Gasteiger partial charge is 0.327 e. The number of para-hydroxylation sites is 2. The van der Waals surface area contributed by atoms with Gasteiger partial charge in [-0.05, 0) is 29.3 Å². The highest BCUT2D eigenvalue weighted by atomic mass is 79.9. The summed E-state index contributed by atoms with van der Waals surface area (Å²) >= 11 is 3.61. The predicted molar refractivity (Wildman–Crippen MR) is 99.3 cm³/mol. The number of rotatable bonds is 2. The summed E-state index contributed by atoms with van der Waals surface area (Å²) in [5, 5.41) is 0. The zero-order chi connectivity index (χ0) is 15.8. The molecule has 4 aromatic rings. The van der Waals surface area contributed by atoms with Gasteiger partial charge in [0.2, 0.25) is 0 Å². The predicted octanol–water partition coefficient (Wildman–Crippen LogP) is 5.67. The zero-order valence-electron chi connectivity index (χ0n) is 12.7. The first-order valence-corrected chi connectivity index (χ1v) is 8.30. The summed E-state index contributed by atoms with van der Waals surface area (Å²) in [7, 11) is 2.06. The van der Waals surface area contributed by atoms with Crippen LogP contribution in [-0.2, 0) is 7.05 Å². The molecular formula is C20H15BrN2. The van der Waals surface area contributed by atoms with Crippen LogP contribution in [0.4, 0.5) is 0 Å². The fourth-order valence-corrected chi connectivity index (χ4v) is 3.41. The van der Waals surface area contributed by atoms with Crippen molar-refractivity contribution < 1.29 is 0 Å². The van der Waals surface area contributed by atoms with Crippen molar-refractivity contribution in [3.8, 4) is 22.5 Å². The molecule has 4 rings (SSSR count). The molecule has 23 heavy (non-hydrogen) atoms. The van der Waals surface area contributed by atoms with Gasteiger partial charge in [0, 0.05) is 17.1 Å². The first-order chi connectivity index (χ1) is 11.2. The van der Waals surface area contributed by atoms with Crippen LogP contribution in [0.25, 0.3) is 33.5 Å². The van der Waals surface area contributed by atoms with Crippen LogP contribution in [0.3, 0.4) is 0 Å². The van der Waals surface area contributed by atoms with Gasteiger partial charge >= 0.3 is 0 Å². The molecule has 0 aliphatic heterocycles. The number of hydrogen-bond donors (Lipinski definition) is 0. The van der Waals surface area contributed by atoms with Crippen LogP contribution >= 0.6 is 15.9 Å². The minimum atomic E-state index is 0.991. The summed E-state index contributed by atoms with van der Waals surface area (Å²) < 4.78 is 3.25. The Morgan fingerprint density at radius 2 is 1.43 bits per heavy atom. The fraction of sp³-hybridized carbons (Fsp3) is 0.0500. The van der Waals surface area contributed by atoms with Crippen LogP contribution in [0, 0.1) is 0 Å². The van der Waals surface area contributed by atoms with Crippen molar-refractivity contribution in [1.82, 2.24) is 9.55 Å². The number of fused-ring (bicyclic) bond motifs is 1. The molecule has 0 bridgehead atoms. The number of aryl methyl sites for hydroxylation is 1. The third-order valence-corrected chi connectivity index (χ3v) is 4.81. The van der Waals surface area contributed by atoms with E-state index in [-0.39, 0.29) is 0 Å². The molecule has 0 saturated heterocycles. The van der Waals surface area contributed by atoms with Gasteiger partial charge in [0.05, 0.1) is 11.0 Å². The summed E-state index contributed by atoms with van der Waals surface area (Å²) in [6, 6.07) is 25.0. The van der Waals surface area contributed by atoms with E-state index in [1.165, 1.54) is 11.1 Å². The Balaban J connectivity index is 1.78. The van der Waals surface area contributed by atoms with Gasteiger partial charge in [-0.25, -0.2) is 4.98 Å². The number of nitrogens with zero attached hydrogens (tertiary/aromatic N) is 2. The summed E-state index contributed by atoms with van der Waals surface area (Å²) in [5.74, 6) is 0.991. The second kappa shape index (κ2) is 5.67. The van der Waals surface area contributed by atoms with Crippen molar-refractivity contribution in [3.63, 3.8) is 0 Å². The van der Waals surface area contributed by atoms with Crippen LogP contribution in [0.2, 0.25) is 0 Å². The lowest BCUT2D eigenvalue weighted by Gasteiger charge is -2.07. The Morgan fingerprint density at radius 1 is 0.783 bits per heavy atom. The number of benzene rings is 3. The molecule has 2 nitrogen and oxygen atoms in total. The van der Waals surface area contributed by atoms with E-state index < -0.39 is 0 Å². The van der Waals surface area contributed by atoms with Gasteiger partial charge in [0.1, 0.15) is 5.82 Å². The molecule has 0 fully saturated rings. The van der Waals surface area contributed by atoms with Gasteiger partial charge < -0.3 is 4.57 Å². The molecule has 0 radical (unpaired) electrons. The van der Waals surface area contributed by atoms with E-state index in [4.69, 9.17) is 4.98 Å². The van der Waals surface area contributed by atoms with Gasteiger partial charge in [0.25, 0.3) is 0 Å². The van der Waals surface area contributed by atoms with E-state index in [0.29, 0.717) is 0 Å². The smallest absolute Gasteiger partial charge is 0.140 e. The van der Waals surface area contributed by atoms with E-state index in [9.17, 15) is 0 Å². The van der Waals surface area contributed by atoms with Crippen molar-refractivity contribution in [1.29, 1.82) is 0 Å². The molecule has 0 unspecified atom stereocenters. The average molecular weight is 363 g/mol. The zero-order valence-corrected chi connectivity index (χ0v) is 14.3. The van der Waals surface area contributed by atoms with E-state index in [1.807, 2.05) is 24.3 Å². The summed E-state index contributed by atoms with van der Waals surface area (Å²) in [6.07, 6.45) is 0.